The maximum atomic E-state index is 12.9. The van der Waals surface area contributed by atoms with Gasteiger partial charge in [-0.15, -0.1) is 0 Å². The number of non-ortho nitro benzene ring substituents is 1. The number of rotatable bonds is 2. The fourth-order valence-electron chi connectivity index (χ4n) is 2.02. The molecule has 1 unspecified atom stereocenters. The molecule has 0 amide bonds. The predicted octanol–water partition coefficient (Wildman–Crippen LogP) is 2.54. The van der Waals surface area contributed by atoms with Gasteiger partial charge in [-0.05, 0) is 19.1 Å². The highest BCUT2D eigenvalue weighted by molar-refractivity contribution is 7.73. The van der Waals surface area contributed by atoms with Crippen molar-refractivity contribution in [3.8, 4) is 0 Å². The highest BCUT2D eigenvalue weighted by Crippen LogP contribution is 2.36. The molecule has 0 bridgehead atoms. The van der Waals surface area contributed by atoms with Crippen LogP contribution < -0.4 is 4.65 Å². The third-order valence-electron chi connectivity index (χ3n) is 2.94. The molecule has 1 aliphatic rings. The summed E-state index contributed by atoms with van der Waals surface area (Å²) in [5.74, 6) is 0. The fourth-order valence-corrected chi connectivity index (χ4v) is 3.03. The van der Waals surface area contributed by atoms with Crippen molar-refractivity contribution in [1.29, 1.82) is 0 Å². The number of nitrogens with zero attached hydrogens (tertiary/aromatic N) is 2. The van der Waals surface area contributed by atoms with Gasteiger partial charge in [0, 0.05) is 23.8 Å². The number of allylic oxidation sites excluding steroid dienone is 2. The number of nitro benzene ring substituents is 1. The summed E-state index contributed by atoms with van der Waals surface area (Å²) in [6.45, 7) is 1.48. The standard InChI is InChI=1S/C12H9ClN2O5S/c1-8-3-2-6-15(18,12(8)21(19)20)11-5-4-9(14(16)17)7-10(11)13/h2-7H,1H3. The SMILES string of the molecule is CC1=CC=C[N+]([O-])(c2ccc([N+](=O)[O-])cc2Cl)C1=S(=O)=O. The van der Waals surface area contributed by atoms with E-state index in [1.807, 2.05) is 0 Å². The molecule has 1 atom stereocenters. The molecule has 0 saturated carbocycles. The summed E-state index contributed by atoms with van der Waals surface area (Å²) in [7, 11) is -2.76. The number of halogens is 1. The Balaban J connectivity index is 2.71. The highest BCUT2D eigenvalue weighted by Gasteiger charge is 2.33. The van der Waals surface area contributed by atoms with Gasteiger partial charge in [-0.3, -0.25) is 14.8 Å². The summed E-state index contributed by atoms with van der Waals surface area (Å²) in [5.41, 5.74) is -0.117. The minimum Gasteiger partial charge on any atom is -0.616 e. The van der Waals surface area contributed by atoms with E-state index in [0.29, 0.717) is 0 Å². The number of nitro groups is 1. The predicted molar refractivity (Wildman–Crippen MR) is 80.1 cm³/mol. The van der Waals surface area contributed by atoms with E-state index in [4.69, 9.17) is 11.6 Å². The number of quaternary nitrogens is 1. The van der Waals surface area contributed by atoms with Gasteiger partial charge in [0.25, 0.3) is 21.0 Å². The van der Waals surface area contributed by atoms with Crippen molar-refractivity contribution in [2.45, 2.75) is 6.92 Å². The molecule has 1 aromatic rings. The summed E-state index contributed by atoms with van der Waals surface area (Å²) in [5, 5.41) is 23.4. The Bertz CT molecular complexity index is 820. The molecule has 0 radical (unpaired) electrons. The van der Waals surface area contributed by atoms with Gasteiger partial charge in [-0.1, -0.05) is 11.6 Å². The van der Waals surface area contributed by atoms with Crippen LogP contribution >= 0.6 is 11.6 Å². The van der Waals surface area contributed by atoms with E-state index in [2.05, 4.69) is 0 Å². The molecule has 1 heterocycles. The maximum absolute atomic E-state index is 12.9. The Hall–Kier alpha value is -2.00. The topological polar surface area (TPSA) is 100 Å². The van der Waals surface area contributed by atoms with Gasteiger partial charge >= 0.3 is 0 Å². The lowest BCUT2D eigenvalue weighted by Gasteiger charge is -2.39. The van der Waals surface area contributed by atoms with E-state index >= 15 is 0 Å². The van der Waals surface area contributed by atoms with Crippen LogP contribution in [0.15, 0.2) is 42.1 Å². The van der Waals surface area contributed by atoms with Gasteiger partial charge in [0.1, 0.15) is 11.2 Å². The molecule has 0 aliphatic carbocycles. The monoisotopic (exact) mass is 328 g/mol. The molecule has 9 heteroatoms. The highest BCUT2D eigenvalue weighted by atomic mass is 35.5. The van der Waals surface area contributed by atoms with Gasteiger partial charge in [0.05, 0.1) is 4.92 Å². The lowest BCUT2D eigenvalue weighted by Crippen LogP contribution is -2.46. The molecule has 110 valence electrons. The van der Waals surface area contributed by atoms with Crippen LogP contribution in [0.4, 0.5) is 11.4 Å². The third kappa shape index (κ3) is 2.61. The summed E-state index contributed by atoms with van der Waals surface area (Å²) >= 11 is 5.93. The normalized spacial score (nSPS) is 21.1. The molecular formula is C12H9ClN2O5S. The zero-order valence-electron chi connectivity index (χ0n) is 10.7. The summed E-state index contributed by atoms with van der Waals surface area (Å²) in [6, 6.07) is 3.27. The number of benzene rings is 1. The molecule has 0 saturated heterocycles. The minimum atomic E-state index is -2.76. The first-order valence-corrected chi connectivity index (χ1v) is 7.10. The quantitative estimate of drug-likeness (QED) is 0.273. The maximum Gasteiger partial charge on any atom is 0.277 e. The average molecular weight is 329 g/mol. The Kier molecular flexibility index (Phi) is 3.97. The zero-order chi connectivity index (χ0) is 15.8. The van der Waals surface area contributed by atoms with Gasteiger partial charge < -0.3 is 5.21 Å². The molecule has 1 aromatic carbocycles. The second-order valence-electron chi connectivity index (χ2n) is 4.28. The molecule has 0 spiro atoms. The zero-order valence-corrected chi connectivity index (χ0v) is 12.3. The van der Waals surface area contributed by atoms with Crippen molar-refractivity contribution in [3.63, 3.8) is 0 Å². The van der Waals surface area contributed by atoms with E-state index in [0.717, 1.165) is 24.4 Å². The molecule has 1 aliphatic heterocycles. The first kappa shape index (κ1) is 15.4. The molecule has 7 nitrogen and oxygen atoms in total. The van der Waals surface area contributed by atoms with Crippen LogP contribution in [0.25, 0.3) is 0 Å². The largest absolute Gasteiger partial charge is 0.616 e. The van der Waals surface area contributed by atoms with Crippen LogP contribution in [0.3, 0.4) is 0 Å². The van der Waals surface area contributed by atoms with E-state index in [-0.39, 0.29) is 22.0 Å². The third-order valence-corrected chi connectivity index (χ3v) is 4.15. The van der Waals surface area contributed by atoms with Crippen LogP contribution in [-0.2, 0) is 10.3 Å². The first-order chi connectivity index (χ1) is 9.77. The first-order valence-electron chi connectivity index (χ1n) is 5.65. The van der Waals surface area contributed by atoms with Crippen molar-refractivity contribution >= 4 is 38.3 Å². The van der Waals surface area contributed by atoms with Gasteiger partial charge in [0.2, 0.25) is 0 Å². The summed E-state index contributed by atoms with van der Waals surface area (Å²) in [4.78, 5) is 9.62. The van der Waals surface area contributed by atoms with Crippen molar-refractivity contribution < 1.29 is 13.3 Å². The van der Waals surface area contributed by atoms with Gasteiger partial charge in [-0.2, -0.15) is 8.42 Å². The van der Waals surface area contributed by atoms with Crippen LogP contribution in [-0.4, -0.2) is 18.3 Å². The minimum absolute atomic E-state index is 0.106. The van der Waals surface area contributed by atoms with E-state index in [1.54, 1.807) is 0 Å². The van der Waals surface area contributed by atoms with Crippen LogP contribution in [0.1, 0.15) is 6.92 Å². The lowest BCUT2D eigenvalue weighted by molar-refractivity contribution is -0.384. The molecule has 21 heavy (non-hydrogen) atoms. The van der Waals surface area contributed by atoms with Crippen LogP contribution in [0, 0.1) is 15.3 Å². The van der Waals surface area contributed by atoms with Crippen molar-refractivity contribution in [2.24, 2.45) is 0 Å². The molecular weight excluding hydrogens is 320 g/mol. The number of hydrogen-bond donors (Lipinski definition) is 0. The van der Waals surface area contributed by atoms with E-state index in [9.17, 15) is 23.7 Å². The van der Waals surface area contributed by atoms with Crippen LogP contribution in [0.5, 0.6) is 0 Å². The Morgan fingerprint density at radius 1 is 1.33 bits per heavy atom. The molecule has 0 fully saturated rings. The van der Waals surface area contributed by atoms with Gasteiger partial charge in [0.15, 0.2) is 5.69 Å². The molecule has 0 aromatic heterocycles. The van der Waals surface area contributed by atoms with Gasteiger partial charge in [-0.25, -0.2) is 0 Å². The lowest BCUT2D eigenvalue weighted by atomic mass is 10.1. The Morgan fingerprint density at radius 3 is 2.52 bits per heavy atom. The van der Waals surface area contributed by atoms with Crippen molar-refractivity contribution in [1.82, 2.24) is 4.65 Å². The number of hydrogen-bond acceptors (Lipinski definition) is 5. The fraction of sp³-hybridized carbons (Fsp3) is 0.0833. The Labute approximate surface area is 126 Å². The van der Waals surface area contributed by atoms with Crippen LogP contribution in [0.2, 0.25) is 5.02 Å². The smallest absolute Gasteiger partial charge is 0.277 e. The Morgan fingerprint density at radius 2 is 2.00 bits per heavy atom. The summed E-state index contributed by atoms with van der Waals surface area (Å²) in [6.07, 6.45) is 4.00. The summed E-state index contributed by atoms with van der Waals surface area (Å²) < 4.78 is 21.3. The van der Waals surface area contributed by atoms with Crippen molar-refractivity contribution in [2.75, 3.05) is 0 Å². The number of hydroxylamine groups is 2. The van der Waals surface area contributed by atoms with E-state index in [1.165, 1.54) is 19.1 Å². The average Bonchev–Trinajstić information content (AvgIpc) is 2.37. The van der Waals surface area contributed by atoms with Crippen molar-refractivity contribution in [3.05, 3.63) is 62.5 Å². The second-order valence-corrected chi connectivity index (χ2v) is 5.55. The van der Waals surface area contributed by atoms with E-state index < -0.39 is 24.9 Å². The second kappa shape index (κ2) is 5.41. The molecule has 2 rings (SSSR count). The molecule has 0 N–H and O–H groups in total.